The van der Waals surface area contributed by atoms with E-state index in [0.29, 0.717) is 6.42 Å². The molecule has 0 saturated carbocycles. The highest BCUT2D eigenvalue weighted by atomic mass is 19.4. The third kappa shape index (κ3) is 5.07. The molecule has 17 heavy (non-hydrogen) atoms. The second kappa shape index (κ2) is 5.94. The first-order valence-corrected chi connectivity index (χ1v) is 4.85. The minimum absolute atomic E-state index is 0.300. The van der Waals surface area contributed by atoms with E-state index in [1.165, 1.54) is 0 Å². The Kier molecular flexibility index (Phi) is 4.58. The smallest absolute Gasteiger partial charge is 0.337 e. The SMILES string of the molecule is O=C(NCC#CCc1ccccc1)C(F)(F)F. The summed E-state index contributed by atoms with van der Waals surface area (Å²) in [6.07, 6.45) is -4.40. The van der Waals surface area contributed by atoms with Gasteiger partial charge in [0.15, 0.2) is 0 Å². The van der Waals surface area contributed by atoms with Gasteiger partial charge < -0.3 is 5.32 Å². The Labute approximate surface area is 96.8 Å². The Morgan fingerprint density at radius 3 is 2.41 bits per heavy atom. The summed E-state index contributed by atoms with van der Waals surface area (Å²) in [4.78, 5) is 10.4. The van der Waals surface area contributed by atoms with Crippen molar-refractivity contribution >= 4 is 5.91 Å². The Morgan fingerprint density at radius 2 is 1.82 bits per heavy atom. The van der Waals surface area contributed by atoms with Gasteiger partial charge in [-0.2, -0.15) is 13.2 Å². The van der Waals surface area contributed by atoms with Crippen LogP contribution >= 0.6 is 0 Å². The minimum Gasteiger partial charge on any atom is -0.337 e. The zero-order valence-corrected chi connectivity index (χ0v) is 8.84. The number of rotatable bonds is 2. The first kappa shape index (κ1) is 13.1. The molecular formula is C12H10F3NO. The van der Waals surface area contributed by atoms with Crippen molar-refractivity contribution in [3.05, 3.63) is 35.9 Å². The van der Waals surface area contributed by atoms with E-state index < -0.39 is 12.1 Å². The summed E-state index contributed by atoms with van der Waals surface area (Å²) in [5, 5.41) is 1.67. The number of benzene rings is 1. The van der Waals surface area contributed by atoms with Crippen LogP contribution in [-0.2, 0) is 11.2 Å². The van der Waals surface area contributed by atoms with Crippen molar-refractivity contribution in [3.8, 4) is 11.8 Å². The molecule has 0 aromatic heterocycles. The molecule has 0 bridgehead atoms. The Morgan fingerprint density at radius 1 is 1.18 bits per heavy atom. The fourth-order valence-corrected chi connectivity index (χ4v) is 1.05. The fourth-order valence-electron chi connectivity index (χ4n) is 1.05. The third-order valence-electron chi connectivity index (χ3n) is 1.86. The zero-order chi connectivity index (χ0) is 12.7. The van der Waals surface area contributed by atoms with E-state index in [1.54, 1.807) is 5.32 Å². The fraction of sp³-hybridized carbons (Fsp3) is 0.250. The van der Waals surface area contributed by atoms with Gasteiger partial charge in [0.05, 0.1) is 6.54 Å². The van der Waals surface area contributed by atoms with Crippen LogP contribution in [0.25, 0.3) is 0 Å². The van der Waals surface area contributed by atoms with Crippen LogP contribution in [0, 0.1) is 11.8 Å². The molecule has 0 atom stereocenters. The molecule has 0 heterocycles. The van der Waals surface area contributed by atoms with E-state index in [2.05, 4.69) is 11.8 Å². The highest BCUT2D eigenvalue weighted by molar-refractivity contribution is 5.81. The third-order valence-corrected chi connectivity index (χ3v) is 1.86. The molecule has 0 aliphatic carbocycles. The lowest BCUT2D eigenvalue weighted by Gasteiger charge is -2.03. The van der Waals surface area contributed by atoms with Gasteiger partial charge in [0.1, 0.15) is 0 Å². The van der Waals surface area contributed by atoms with E-state index in [9.17, 15) is 18.0 Å². The molecule has 1 aromatic carbocycles. The maximum absolute atomic E-state index is 11.8. The molecule has 0 unspecified atom stereocenters. The van der Waals surface area contributed by atoms with Crippen LogP contribution in [0.2, 0.25) is 0 Å². The van der Waals surface area contributed by atoms with Crippen LogP contribution in [0.3, 0.4) is 0 Å². The highest BCUT2D eigenvalue weighted by Gasteiger charge is 2.38. The quantitative estimate of drug-likeness (QED) is 0.787. The van der Waals surface area contributed by atoms with Gasteiger partial charge in [0.25, 0.3) is 0 Å². The molecule has 0 saturated heterocycles. The molecule has 0 spiro atoms. The number of hydrogen-bond acceptors (Lipinski definition) is 1. The lowest BCUT2D eigenvalue weighted by Crippen LogP contribution is -2.36. The number of carbonyl (C=O) groups is 1. The normalized spacial score (nSPS) is 10.3. The zero-order valence-electron chi connectivity index (χ0n) is 8.84. The van der Waals surface area contributed by atoms with Crippen molar-refractivity contribution in [2.45, 2.75) is 12.6 Å². The molecule has 2 nitrogen and oxygen atoms in total. The number of nitrogens with one attached hydrogen (secondary N) is 1. The second-order valence-corrected chi connectivity index (χ2v) is 3.20. The lowest BCUT2D eigenvalue weighted by molar-refractivity contribution is -0.173. The van der Waals surface area contributed by atoms with E-state index in [4.69, 9.17) is 0 Å². The summed E-state index contributed by atoms with van der Waals surface area (Å²) in [7, 11) is 0. The number of hydrogen-bond donors (Lipinski definition) is 1. The molecular weight excluding hydrogens is 231 g/mol. The van der Waals surface area contributed by atoms with Crippen molar-refractivity contribution < 1.29 is 18.0 Å². The minimum atomic E-state index is -4.85. The van der Waals surface area contributed by atoms with E-state index >= 15 is 0 Å². The van der Waals surface area contributed by atoms with Crippen LogP contribution in [-0.4, -0.2) is 18.6 Å². The van der Waals surface area contributed by atoms with Gasteiger partial charge in [-0.1, -0.05) is 42.2 Å². The average Bonchev–Trinajstić information content (AvgIpc) is 2.28. The van der Waals surface area contributed by atoms with E-state index in [0.717, 1.165) is 5.56 Å². The van der Waals surface area contributed by atoms with Gasteiger partial charge >= 0.3 is 12.1 Å². The summed E-state index contributed by atoms with van der Waals surface area (Å²) in [6.45, 7) is -0.300. The van der Waals surface area contributed by atoms with Gasteiger partial charge in [0.2, 0.25) is 0 Å². The number of carbonyl (C=O) groups excluding carboxylic acids is 1. The van der Waals surface area contributed by atoms with Crippen LogP contribution < -0.4 is 5.32 Å². The monoisotopic (exact) mass is 241 g/mol. The van der Waals surface area contributed by atoms with E-state index in [-0.39, 0.29) is 6.54 Å². The average molecular weight is 241 g/mol. The molecule has 1 rings (SSSR count). The molecule has 90 valence electrons. The van der Waals surface area contributed by atoms with Crippen LogP contribution in [0.15, 0.2) is 30.3 Å². The van der Waals surface area contributed by atoms with Crippen LogP contribution in [0.4, 0.5) is 13.2 Å². The molecule has 1 N–H and O–H groups in total. The summed E-state index contributed by atoms with van der Waals surface area (Å²) in [5.41, 5.74) is 0.974. The van der Waals surface area contributed by atoms with Crippen molar-refractivity contribution in [2.24, 2.45) is 0 Å². The molecule has 5 heteroatoms. The number of halogens is 3. The van der Waals surface area contributed by atoms with Crippen molar-refractivity contribution in [3.63, 3.8) is 0 Å². The topological polar surface area (TPSA) is 29.1 Å². The predicted octanol–water partition coefficient (Wildman–Crippen LogP) is 1.91. The van der Waals surface area contributed by atoms with Gasteiger partial charge in [-0.15, -0.1) is 0 Å². The predicted molar refractivity (Wildman–Crippen MR) is 57.0 cm³/mol. The van der Waals surface area contributed by atoms with Crippen molar-refractivity contribution in [1.29, 1.82) is 0 Å². The second-order valence-electron chi connectivity index (χ2n) is 3.20. The van der Waals surface area contributed by atoms with Gasteiger partial charge in [-0.05, 0) is 5.56 Å². The van der Waals surface area contributed by atoms with Crippen molar-refractivity contribution in [2.75, 3.05) is 6.54 Å². The lowest BCUT2D eigenvalue weighted by atomic mass is 10.2. The summed E-state index contributed by atoms with van der Waals surface area (Å²) < 4.78 is 35.3. The van der Waals surface area contributed by atoms with Gasteiger partial charge in [-0.3, -0.25) is 4.79 Å². The largest absolute Gasteiger partial charge is 0.471 e. The maximum atomic E-state index is 11.8. The van der Waals surface area contributed by atoms with E-state index in [1.807, 2.05) is 30.3 Å². The Balaban J connectivity index is 2.31. The number of amides is 1. The van der Waals surface area contributed by atoms with Gasteiger partial charge in [0, 0.05) is 6.42 Å². The van der Waals surface area contributed by atoms with Crippen LogP contribution in [0.1, 0.15) is 5.56 Å². The molecule has 1 amide bonds. The van der Waals surface area contributed by atoms with Gasteiger partial charge in [-0.25, -0.2) is 0 Å². The maximum Gasteiger partial charge on any atom is 0.471 e. The first-order valence-electron chi connectivity index (χ1n) is 4.85. The highest BCUT2D eigenvalue weighted by Crippen LogP contribution is 2.13. The number of alkyl halides is 3. The Hall–Kier alpha value is -1.96. The molecule has 0 aliphatic rings. The van der Waals surface area contributed by atoms with Crippen LogP contribution in [0.5, 0.6) is 0 Å². The Bertz CT molecular complexity index is 429. The summed E-state index contributed by atoms with van der Waals surface area (Å²) in [5.74, 6) is 3.17. The molecule has 0 radical (unpaired) electrons. The summed E-state index contributed by atoms with van der Waals surface area (Å²) in [6, 6.07) is 9.29. The molecule has 0 aliphatic heterocycles. The molecule has 0 fully saturated rings. The summed E-state index contributed by atoms with van der Waals surface area (Å²) >= 11 is 0. The standard InChI is InChI=1S/C12H10F3NO/c13-12(14,15)11(17)16-9-5-4-8-10-6-2-1-3-7-10/h1-3,6-7H,8-9H2,(H,16,17). The van der Waals surface area contributed by atoms with Crippen molar-refractivity contribution in [1.82, 2.24) is 5.32 Å². The first-order chi connectivity index (χ1) is 8.00. The molecule has 1 aromatic rings.